The molecule has 0 aliphatic heterocycles. The van der Waals surface area contributed by atoms with Crippen LogP contribution in [-0.4, -0.2) is 27.2 Å². The van der Waals surface area contributed by atoms with Gasteiger partial charge in [0, 0.05) is 22.1 Å². The third kappa shape index (κ3) is 3.45. The molecule has 2 aromatic heterocycles. The first kappa shape index (κ1) is 16.8. The molecule has 1 atom stereocenters. The number of amides is 1. The molecule has 120 valence electrons. The van der Waals surface area contributed by atoms with Crippen LogP contribution in [-0.2, 0) is 10.4 Å². The maximum atomic E-state index is 13.2. The third-order valence-corrected chi connectivity index (χ3v) is 4.67. The molecule has 5 nitrogen and oxygen atoms in total. The number of nitrogens with zero attached hydrogens (tertiary/aromatic N) is 2. The summed E-state index contributed by atoms with van der Waals surface area (Å²) in [7, 11) is 0. The number of aromatic nitrogens is 2. The minimum Gasteiger partial charge on any atom is -0.374 e. The number of hydrogen-bond donors (Lipinski definition) is 2. The summed E-state index contributed by atoms with van der Waals surface area (Å²) in [6.07, 6.45) is -4.71. The van der Waals surface area contributed by atoms with Gasteiger partial charge in [-0.25, -0.2) is 9.97 Å². The minimum absolute atomic E-state index is 0.183. The number of thiazole rings is 2. The molecule has 0 radical (unpaired) electrons. The topological polar surface area (TPSA) is 75.1 Å². The zero-order valence-electron chi connectivity index (χ0n) is 11.6. The molecule has 2 rings (SSSR count). The van der Waals surface area contributed by atoms with Gasteiger partial charge in [-0.15, -0.1) is 22.7 Å². The second-order valence-corrected chi connectivity index (χ2v) is 6.75. The number of alkyl halides is 3. The maximum Gasteiger partial charge on any atom is 0.424 e. The van der Waals surface area contributed by atoms with Crippen LogP contribution in [0.5, 0.6) is 0 Å². The van der Waals surface area contributed by atoms with Crippen molar-refractivity contribution in [1.82, 2.24) is 9.97 Å². The van der Waals surface area contributed by atoms with Gasteiger partial charge in [0.1, 0.15) is 5.01 Å². The largest absolute Gasteiger partial charge is 0.424 e. The molecule has 0 unspecified atom stereocenters. The number of rotatable bonds is 4. The molecule has 22 heavy (non-hydrogen) atoms. The van der Waals surface area contributed by atoms with Gasteiger partial charge in [0.25, 0.3) is 0 Å². The predicted molar refractivity (Wildman–Crippen MR) is 76.9 cm³/mol. The van der Waals surface area contributed by atoms with Gasteiger partial charge in [-0.05, 0) is 13.8 Å². The summed E-state index contributed by atoms with van der Waals surface area (Å²) in [6.45, 7) is 3.26. The van der Waals surface area contributed by atoms with E-state index < -0.39 is 29.1 Å². The van der Waals surface area contributed by atoms with Gasteiger partial charge in [-0.1, -0.05) is 0 Å². The fourth-order valence-corrected chi connectivity index (χ4v) is 3.24. The van der Waals surface area contributed by atoms with E-state index in [1.54, 1.807) is 6.92 Å². The zero-order chi connectivity index (χ0) is 16.5. The lowest BCUT2D eigenvalue weighted by molar-refractivity contribution is -0.266. The number of aliphatic hydroxyl groups is 1. The van der Waals surface area contributed by atoms with E-state index >= 15 is 0 Å². The molecule has 2 heterocycles. The smallest absolute Gasteiger partial charge is 0.374 e. The second-order valence-electron chi connectivity index (χ2n) is 4.65. The quantitative estimate of drug-likeness (QED) is 0.888. The molecule has 2 aromatic rings. The van der Waals surface area contributed by atoms with Crippen LogP contribution in [0.25, 0.3) is 0 Å². The summed E-state index contributed by atoms with van der Waals surface area (Å²) < 4.78 is 39.7. The van der Waals surface area contributed by atoms with E-state index in [9.17, 15) is 23.1 Å². The van der Waals surface area contributed by atoms with Gasteiger partial charge in [0.15, 0.2) is 5.13 Å². The van der Waals surface area contributed by atoms with Crippen LogP contribution < -0.4 is 5.32 Å². The summed E-state index contributed by atoms with van der Waals surface area (Å²) in [4.78, 5) is 20.1. The van der Waals surface area contributed by atoms with E-state index in [-0.39, 0.29) is 5.13 Å². The van der Waals surface area contributed by atoms with Crippen molar-refractivity contribution < 1.29 is 23.1 Å². The van der Waals surface area contributed by atoms with Crippen LogP contribution >= 0.6 is 22.7 Å². The first-order valence-corrected chi connectivity index (χ1v) is 7.75. The van der Waals surface area contributed by atoms with Crippen LogP contribution in [0.2, 0.25) is 0 Å². The summed E-state index contributed by atoms with van der Waals surface area (Å²) in [5.41, 5.74) is -2.97. The van der Waals surface area contributed by atoms with Crippen molar-refractivity contribution >= 4 is 33.7 Å². The van der Waals surface area contributed by atoms with E-state index in [4.69, 9.17) is 0 Å². The summed E-state index contributed by atoms with van der Waals surface area (Å²) >= 11 is 1.79. The highest BCUT2D eigenvalue weighted by atomic mass is 32.1. The number of hydrogen-bond acceptors (Lipinski definition) is 6. The number of aryl methyl sites for hydroxylation is 2. The monoisotopic (exact) mass is 351 g/mol. The first-order valence-electron chi connectivity index (χ1n) is 6.06. The van der Waals surface area contributed by atoms with Crippen molar-refractivity contribution in [2.24, 2.45) is 0 Å². The Morgan fingerprint density at radius 3 is 2.55 bits per heavy atom. The van der Waals surface area contributed by atoms with E-state index in [1.807, 2.05) is 0 Å². The van der Waals surface area contributed by atoms with Gasteiger partial charge >= 0.3 is 6.18 Å². The molecule has 1 amide bonds. The molecule has 0 aromatic carbocycles. The van der Waals surface area contributed by atoms with Crippen molar-refractivity contribution in [3.05, 3.63) is 27.2 Å². The fourth-order valence-electron chi connectivity index (χ4n) is 1.65. The third-order valence-electron chi connectivity index (χ3n) is 2.73. The molecule has 0 saturated heterocycles. The highest BCUT2D eigenvalue weighted by molar-refractivity contribution is 7.15. The van der Waals surface area contributed by atoms with Crippen LogP contribution in [0.1, 0.15) is 22.0 Å². The Balaban J connectivity index is 2.22. The van der Waals surface area contributed by atoms with Crippen LogP contribution in [0.15, 0.2) is 11.6 Å². The van der Waals surface area contributed by atoms with Crippen molar-refractivity contribution in [2.75, 3.05) is 5.32 Å². The van der Waals surface area contributed by atoms with Crippen LogP contribution in [0, 0.1) is 13.8 Å². The van der Waals surface area contributed by atoms with Gasteiger partial charge in [0.2, 0.25) is 11.5 Å². The lowest BCUT2D eigenvalue weighted by atomic mass is 9.99. The summed E-state index contributed by atoms with van der Waals surface area (Å²) in [6, 6.07) is 0. The minimum atomic E-state index is -5.02. The standard InChI is InChI=1S/C12H12F3N3O2S2/c1-6-5-21-9(17-6)11(20,12(13,14)15)3-8(19)18-10-16-4-7(2)22-10/h4-5,20H,3H2,1-2H3,(H,16,18,19)/t11-/m1/s1. The number of carbonyl (C=O) groups is 1. The van der Waals surface area contributed by atoms with Crippen molar-refractivity contribution in [2.45, 2.75) is 32.0 Å². The molecule has 0 saturated carbocycles. The molecule has 0 fully saturated rings. The highest BCUT2D eigenvalue weighted by Gasteiger charge is 2.58. The molecule has 0 bridgehead atoms. The average molecular weight is 351 g/mol. The van der Waals surface area contributed by atoms with Crippen molar-refractivity contribution in [1.29, 1.82) is 0 Å². The van der Waals surface area contributed by atoms with E-state index in [1.165, 1.54) is 18.5 Å². The Labute approximate surface area is 131 Å². The lowest BCUT2D eigenvalue weighted by Crippen LogP contribution is -2.45. The van der Waals surface area contributed by atoms with Gasteiger partial charge in [-0.2, -0.15) is 13.2 Å². The van der Waals surface area contributed by atoms with E-state index in [0.717, 1.165) is 16.2 Å². The molecule has 10 heteroatoms. The Bertz CT molecular complexity index is 683. The Hall–Kier alpha value is -1.52. The number of anilines is 1. The van der Waals surface area contributed by atoms with Gasteiger partial charge in [-0.3, -0.25) is 4.79 Å². The molecule has 2 N–H and O–H groups in total. The molecular weight excluding hydrogens is 339 g/mol. The first-order chi connectivity index (χ1) is 10.1. The van der Waals surface area contributed by atoms with Crippen LogP contribution in [0.3, 0.4) is 0 Å². The normalized spacial score (nSPS) is 14.6. The zero-order valence-corrected chi connectivity index (χ0v) is 13.2. The number of halogens is 3. The van der Waals surface area contributed by atoms with Gasteiger partial charge in [0.05, 0.1) is 6.42 Å². The number of nitrogens with one attached hydrogen (secondary N) is 1. The maximum absolute atomic E-state index is 13.2. The fraction of sp³-hybridized carbons (Fsp3) is 0.417. The van der Waals surface area contributed by atoms with Gasteiger partial charge < -0.3 is 10.4 Å². The molecule has 0 spiro atoms. The SMILES string of the molecule is Cc1csc([C@](O)(CC(=O)Nc2ncc(C)s2)C(F)(F)F)n1. The Kier molecular flexibility index (Phi) is 4.54. The molecular formula is C12H12F3N3O2S2. The van der Waals surface area contributed by atoms with Crippen molar-refractivity contribution in [3.63, 3.8) is 0 Å². The lowest BCUT2D eigenvalue weighted by Gasteiger charge is -2.27. The molecule has 0 aliphatic rings. The Morgan fingerprint density at radius 2 is 2.09 bits per heavy atom. The Morgan fingerprint density at radius 1 is 1.41 bits per heavy atom. The van der Waals surface area contributed by atoms with E-state index in [2.05, 4.69) is 15.3 Å². The van der Waals surface area contributed by atoms with Crippen molar-refractivity contribution in [3.8, 4) is 0 Å². The summed E-state index contributed by atoms with van der Waals surface area (Å²) in [5.74, 6) is -0.984. The van der Waals surface area contributed by atoms with E-state index in [0.29, 0.717) is 17.0 Å². The summed E-state index contributed by atoms with van der Waals surface area (Å²) in [5, 5.41) is 13.3. The highest BCUT2D eigenvalue weighted by Crippen LogP contribution is 2.43. The second kappa shape index (κ2) is 5.94. The predicted octanol–water partition coefficient (Wildman–Crippen LogP) is 3.00. The number of carbonyl (C=O) groups excluding carboxylic acids is 1. The van der Waals surface area contributed by atoms with Crippen LogP contribution in [0.4, 0.5) is 18.3 Å². The average Bonchev–Trinajstić information content (AvgIpc) is 2.97. The molecule has 0 aliphatic carbocycles.